The highest BCUT2D eigenvalue weighted by molar-refractivity contribution is 5.97. The average molecular weight is 657 g/mol. The number of alkyl halides is 6. The van der Waals surface area contributed by atoms with Crippen LogP contribution < -0.4 is 16.2 Å². The Balaban J connectivity index is 2.16. The van der Waals surface area contributed by atoms with Crippen molar-refractivity contribution in [2.45, 2.75) is 50.2 Å². The van der Waals surface area contributed by atoms with Gasteiger partial charge >= 0.3 is 18.4 Å². The number of carbonyl (C=O) groups excluding carboxylic acids is 2. The predicted molar refractivity (Wildman–Crippen MR) is 148 cm³/mol. The van der Waals surface area contributed by atoms with Gasteiger partial charge in [0.15, 0.2) is 5.69 Å². The van der Waals surface area contributed by atoms with Crippen LogP contribution in [0, 0.1) is 0 Å². The Labute approximate surface area is 256 Å². The van der Waals surface area contributed by atoms with E-state index in [0.29, 0.717) is 5.56 Å². The van der Waals surface area contributed by atoms with E-state index in [4.69, 9.17) is 9.15 Å². The van der Waals surface area contributed by atoms with Crippen LogP contribution in [0.2, 0.25) is 0 Å². The minimum atomic E-state index is -5.30. The molecule has 246 valence electrons. The molecule has 0 aliphatic heterocycles. The fourth-order valence-corrected chi connectivity index (χ4v) is 3.91. The number of aromatic nitrogens is 3. The summed E-state index contributed by atoms with van der Waals surface area (Å²) in [6.45, 7) is 6.25. The second-order valence-corrected chi connectivity index (χ2v) is 9.38. The highest BCUT2D eigenvalue weighted by Crippen LogP contribution is 2.47. The van der Waals surface area contributed by atoms with E-state index >= 15 is 0 Å². The van der Waals surface area contributed by atoms with Crippen LogP contribution in [0.1, 0.15) is 53.2 Å². The summed E-state index contributed by atoms with van der Waals surface area (Å²) in [4.78, 5) is 39.6. The van der Waals surface area contributed by atoms with Crippen LogP contribution in [-0.4, -0.2) is 44.4 Å². The van der Waals surface area contributed by atoms with Gasteiger partial charge in [-0.05, 0) is 30.9 Å². The number of nitrogens with zero attached hydrogens (tertiary/aromatic N) is 3. The fraction of sp³-hybridized carbons (Fsp3) is 0.286. The first-order valence-electron chi connectivity index (χ1n) is 13.1. The lowest BCUT2D eigenvalue weighted by molar-refractivity contribution is -0.299. The Morgan fingerprint density at radius 3 is 2.24 bits per heavy atom. The van der Waals surface area contributed by atoms with E-state index in [-0.39, 0.29) is 25.3 Å². The van der Waals surface area contributed by atoms with Gasteiger partial charge in [-0.3, -0.25) is 25.8 Å². The molecule has 3 aromatic rings. The summed E-state index contributed by atoms with van der Waals surface area (Å²) < 4.78 is 96.7. The molecule has 1 atom stereocenters. The number of pyridine rings is 1. The number of hydrazine groups is 1. The molecule has 46 heavy (non-hydrogen) atoms. The maximum Gasteiger partial charge on any atom is 0.426 e. The van der Waals surface area contributed by atoms with Gasteiger partial charge in [0.2, 0.25) is 11.5 Å². The summed E-state index contributed by atoms with van der Waals surface area (Å²) >= 11 is 0. The van der Waals surface area contributed by atoms with Gasteiger partial charge < -0.3 is 14.3 Å². The predicted octanol–water partition coefficient (Wildman–Crippen LogP) is 5.91. The number of amides is 3. The number of carbonyl (C=O) groups is 3. The first-order chi connectivity index (χ1) is 21.6. The fourth-order valence-electron chi connectivity index (χ4n) is 3.91. The summed E-state index contributed by atoms with van der Waals surface area (Å²) in [6.07, 6.45) is -10.9. The molecule has 1 unspecified atom stereocenters. The van der Waals surface area contributed by atoms with Gasteiger partial charge in [0.05, 0.1) is 17.9 Å². The molecule has 12 nitrogen and oxygen atoms in total. The Kier molecular flexibility index (Phi) is 11.2. The lowest BCUT2D eigenvalue weighted by atomic mass is 9.96. The summed E-state index contributed by atoms with van der Waals surface area (Å²) in [6, 6.07) is 7.92. The van der Waals surface area contributed by atoms with Crippen molar-refractivity contribution in [1.29, 1.82) is 0 Å². The molecule has 0 fully saturated rings. The first-order valence-corrected chi connectivity index (χ1v) is 13.1. The number of benzene rings is 1. The van der Waals surface area contributed by atoms with Gasteiger partial charge in [-0.15, -0.1) is 23.4 Å². The number of allylic oxidation sites excluding steroid dienone is 2. The molecule has 1 aromatic carbocycles. The van der Waals surface area contributed by atoms with Gasteiger partial charge in [-0.2, -0.15) is 26.3 Å². The van der Waals surface area contributed by atoms with E-state index < -0.39 is 83.3 Å². The number of ether oxygens (including phenoxy) is 1. The molecular formula is C28H26F6N6O6. The molecule has 0 radical (unpaired) electrons. The maximum absolute atomic E-state index is 14.7. The number of rotatable bonds is 13. The number of hydrogen-bond donors (Lipinski definition) is 4. The van der Waals surface area contributed by atoms with Gasteiger partial charge in [0, 0.05) is 6.42 Å². The van der Waals surface area contributed by atoms with Crippen molar-refractivity contribution in [1.82, 2.24) is 26.0 Å². The highest BCUT2D eigenvalue weighted by Gasteiger charge is 2.61. The molecule has 2 aromatic heterocycles. The van der Waals surface area contributed by atoms with Crippen molar-refractivity contribution >= 4 is 23.6 Å². The van der Waals surface area contributed by atoms with Crippen LogP contribution in [-0.2, 0) is 27.9 Å². The standard InChI is InChI=1S/C28H26F6N6O6/c1-3-5-12-19(41)37-38-22(42)20-17(27(29,30)31)14-18(35-25(43)44)21(36-20)23-39-40-24(46-23)26(13-6-4-2,28(32,33)34)45-15-16-10-8-7-9-11-16/h3-4,7-11,14,35H,1-2,5-6,12-13,15H2,(H,37,41)(H,38,42)(H,43,44). The van der Waals surface area contributed by atoms with Crippen molar-refractivity contribution in [2.75, 3.05) is 5.32 Å². The molecule has 18 heteroatoms. The zero-order chi connectivity index (χ0) is 34.1. The third kappa shape index (κ3) is 8.46. The van der Waals surface area contributed by atoms with Crippen molar-refractivity contribution in [3.8, 4) is 11.6 Å². The minimum Gasteiger partial charge on any atom is -0.465 e. The SMILES string of the molecule is C=CCCC(=O)NNC(=O)c1nc(-c2nnc(C(CCC=C)(OCc3ccccc3)C(F)(F)F)o2)c(NC(=O)O)cc1C(F)(F)F. The molecule has 0 spiro atoms. The zero-order valence-corrected chi connectivity index (χ0v) is 23.7. The summed E-state index contributed by atoms with van der Waals surface area (Å²) in [5, 5.41) is 17.8. The third-order valence-electron chi connectivity index (χ3n) is 6.14. The van der Waals surface area contributed by atoms with Gasteiger partial charge in [-0.25, -0.2) is 9.78 Å². The first kappa shape index (κ1) is 35.2. The van der Waals surface area contributed by atoms with E-state index in [1.54, 1.807) is 28.9 Å². The Hall–Kier alpha value is -5.26. The molecule has 2 heterocycles. The van der Waals surface area contributed by atoms with E-state index in [2.05, 4.69) is 28.3 Å². The molecule has 0 bridgehead atoms. The summed E-state index contributed by atoms with van der Waals surface area (Å²) in [7, 11) is 0. The molecule has 0 saturated carbocycles. The van der Waals surface area contributed by atoms with E-state index in [1.807, 2.05) is 5.43 Å². The molecule has 3 amide bonds. The largest absolute Gasteiger partial charge is 0.465 e. The van der Waals surface area contributed by atoms with E-state index in [1.165, 1.54) is 24.3 Å². The van der Waals surface area contributed by atoms with Gasteiger partial charge in [0.25, 0.3) is 17.7 Å². The van der Waals surface area contributed by atoms with Crippen molar-refractivity contribution < 1.29 is 55.0 Å². The van der Waals surface area contributed by atoms with Crippen LogP contribution in [0.4, 0.5) is 36.8 Å². The van der Waals surface area contributed by atoms with Crippen LogP contribution in [0.5, 0.6) is 0 Å². The van der Waals surface area contributed by atoms with Crippen LogP contribution in [0.3, 0.4) is 0 Å². The topological polar surface area (TPSA) is 169 Å². The lowest BCUT2D eigenvalue weighted by Gasteiger charge is -2.32. The normalized spacial score (nSPS) is 12.9. The minimum absolute atomic E-state index is 0.162. The van der Waals surface area contributed by atoms with Gasteiger partial charge in [-0.1, -0.05) is 42.5 Å². The monoisotopic (exact) mass is 656 g/mol. The van der Waals surface area contributed by atoms with Crippen LogP contribution in [0.25, 0.3) is 11.6 Å². The van der Waals surface area contributed by atoms with E-state index in [0.717, 1.165) is 0 Å². The lowest BCUT2D eigenvalue weighted by Crippen LogP contribution is -2.45. The van der Waals surface area contributed by atoms with Crippen molar-refractivity contribution in [2.24, 2.45) is 0 Å². The van der Waals surface area contributed by atoms with Crippen LogP contribution in [0.15, 0.2) is 66.1 Å². The molecule has 0 aliphatic rings. The average Bonchev–Trinajstić information content (AvgIpc) is 3.48. The van der Waals surface area contributed by atoms with E-state index in [9.17, 15) is 45.8 Å². The van der Waals surface area contributed by atoms with Crippen LogP contribution >= 0.6 is 0 Å². The highest BCUT2D eigenvalue weighted by atomic mass is 19.4. The Bertz CT molecular complexity index is 1580. The number of anilines is 1. The molecule has 0 saturated heterocycles. The quantitative estimate of drug-likeness (QED) is 0.0993. The number of nitrogens with one attached hydrogen (secondary N) is 3. The second-order valence-electron chi connectivity index (χ2n) is 9.38. The van der Waals surface area contributed by atoms with Crippen molar-refractivity contribution in [3.05, 3.63) is 84.4 Å². The maximum atomic E-state index is 14.7. The van der Waals surface area contributed by atoms with Gasteiger partial charge in [0.1, 0.15) is 5.69 Å². The molecule has 3 rings (SSSR count). The number of hydrogen-bond acceptors (Lipinski definition) is 8. The molecular weight excluding hydrogens is 630 g/mol. The second kappa shape index (κ2) is 14.7. The number of carboxylic acid groups (broad SMARTS) is 1. The summed E-state index contributed by atoms with van der Waals surface area (Å²) in [5.74, 6) is -4.58. The molecule has 0 aliphatic carbocycles. The third-order valence-corrected chi connectivity index (χ3v) is 6.14. The Morgan fingerprint density at radius 1 is 0.978 bits per heavy atom. The van der Waals surface area contributed by atoms with Crippen molar-refractivity contribution in [3.63, 3.8) is 0 Å². The zero-order valence-electron chi connectivity index (χ0n) is 23.7. The summed E-state index contributed by atoms with van der Waals surface area (Å²) in [5.41, 5.74) is -4.35. The number of halogens is 6. The smallest absolute Gasteiger partial charge is 0.426 e. The molecule has 4 N–H and O–H groups in total. The Morgan fingerprint density at radius 2 is 1.65 bits per heavy atom.